The molecule has 200 valence electrons. The highest BCUT2D eigenvalue weighted by Gasteiger charge is 2.41. The van der Waals surface area contributed by atoms with Gasteiger partial charge in [-0.1, -0.05) is 23.8 Å². The predicted octanol–water partition coefficient (Wildman–Crippen LogP) is 5.37. The SMILES string of the molecule is Cc1ccc2c(c1)CCN(CC(C)(F)F)C2c1c(F)cc(N2CCC3(CCN(CC=O)C3)CC2)cc1F. The zero-order valence-electron chi connectivity index (χ0n) is 21.6. The van der Waals surface area contributed by atoms with Crippen LogP contribution in [0.15, 0.2) is 30.3 Å². The molecule has 0 aliphatic carbocycles. The summed E-state index contributed by atoms with van der Waals surface area (Å²) in [5.41, 5.74) is 3.15. The molecule has 0 saturated carbocycles. The average molecular weight is 518 g/mol. The summed E-state index contributed by atoms with van der Waals surface area (Å²) in [6.07, 6.45) is 4.35. The number of fused-ring (bicyclic) bond motifs is 1. The van der Waals surface area contributed by atoms with Crippen LogP contribution in [0.2, 0.25) is 0 Å². The van der Waals surface area contributed by atoms with E-state index in [0.717, 1.165) is 56.7 Å². The van der Waals surface area contributed by atoms with Crippen LogP contribution >= 0.6 is 0 Å². The lowest BCUT2D eigenvalue weighted by atomic mass is 9.77. The van der Waals surface area contributed by atoms with Gasteiger partial charge in [-0.25, -0.2) is 17.6 Å². The van der Waals surface area contributed by atoms with Gasteiger partial charge in [0.25, 0.3) is 5.92 Å². The van der Waals surface area contributed by atoms with Crippen molar-refractivity contribution in [3.63, 3.8) is 0 Å². The Morgan fingerprint density at radius 1 is 1.03 bits per heavy atom. The molecule has 0 amide bonds. The topological polar surface area (TPSA) is 26.8 Å². The van der Waals surface area contributed by atoms with Crippen molar-refractivity contribution in [1.82, 2.24) is 9.80 Å². The Hall–Kier alpha value is -2.45. The quantitative estimate of drug-likeness (QED) is 0.381. The molecule has 37 heavy (non-hydrogen) atoms. The van der Waals surface area contributed by atoms with Crippen LogP contribution in [0.25, 0.3) is 0 Å². The number of piperidine rings is 1. The van der Waals surface area contributed by atoms with Crippen LogP contribution in [-0.4, -0.2) is 67.8 Å². The number of benzene rings is 2. The maximum absolute atomic E-state index is 15.7. The second-order valence-electron chi connectivity index (χ2n) is 11.4. The van der Waals surface area contributed by atoms with Gasteiger partial charge in [0.15, 0.2) is 0 Å². The molecule has 0 bridgehead atoms. The Morgan fingerprint density at radius 2 is 1.70 bits per heavy atom. The number of rotatable bonds is 6. The summed E-state index contributed by atoms with van der Waals surface area (Å²) in [5.74, 6) is -4.38. The fraction of sp³-hybridized carbons (Fsp3) is 0.552. The first kappa shape index (κ1) is 26.2. The molecule has 2 aromatic rings. The van der Waals surface area contributed by atoms with Gasteiger partial charge in [0, 0.05) is 44.4 Å². The number of likely N-dealkylation sites (tertiary alicyclic amines) is 1. The van der Waals surface area contributed by atoms with Crippen LogP contribution in [0.1, 0.15) is 54.5 Å². The largest absolute Gasteiger partial charge is 0.371 e. The summed E-state index contributed by atoms with van der Waals surface area (Å²) in [5, 5.41) is 0. The number of alkyl halides is 2. The van der Waals surface area contributed by atoms with E-state index in [4.69, 9.17) is 0 Å². The number of anilines is 1. The molecular weight excluding hydrogens is 482 g/mol. The maximum Gasteiger partial charge on any atom is 0.257 e. The summed E-state index contributed by atoms with van der Waals surface area (Å²) in [7, 11) is 0. The van der Waals surface area contributed by atoms with Gasteiger partial charge in [-0.3, -0.25) is 9.80 Å². The fourth-order valence-corrected chi connectivity index (χ4v) is 6.62. The molecule has 4 nitrogen and oxygen atoms in total. The summed E-state index contributed by atoms with van der Waals surface area (Å²) < 4.78 is 59.6. The van der Waals surface area contributed by atoms with Crippen molar-refractivity contribution in [1.29, 1.82) is 0 Å². The van der Waals surface area contributed by atoms with Crippen LogP contribution in [0, 0.1) is 24.0 Å². The Labute approximate surface area is 216 Å². The van der Waals surface area contributed by atoms with E-state index >= 15 is 8.78 Å². The Bertz CT molecular complexity index is 1130. The van der Waals surface area contributed by atoms with Crippen molar-refractivity contribution in [3.05, 3.63) is 64.2 Å². The van der Waals surface area contributed by atoms with E-state index in [1.807, 2.05) is 30.0 Å². The molecule has 1 unspecified atom stereocenters. The molecule has 2 saturated heterocycles. The summed E-state index contributed by atoms with van der Waals surface area (Å²) in [4.78, 5) is 16.6. The van der Waals surface area contributed by atoms with Gasteiger partial charge >= 0.3 is 0 Å². The number of aryl methyl sites for hydroxylation is 1. The van der Waals surface area contributed by atoms with E-state index in [1.54, 1.807) is 0 Å². The molecule has 1 atom stereocenters. The van der Waals surface area contributed by atoms with E-state index in [2.05, 4.69) is 4.90 Å². The van der Waals surface area contributed by atoms with Crippen LogP contribution in [-0.2, 0) is 11.2 Å². The van der Waals surface area contributed by atoms with Gasteiger partial charge < -0.3 is 9.69 Å². The van der Waals surface area contributed by atoms with Crippen LogP contribution in [0.3, 0.4) is 0 Å². The third-order valence-corrected chi connectivity index (χ3v) is 8.48. The van der Waals surface area contributed by atoms with Gasteiger partial charge in [-0.05, 0) is 67.8 Å². The smallest absolute Gasteiger partial charge is 0.257 e. The lowest BCUT2D eigenvalue weighted by molar-refractivity contribution is -0.108. The van der Waals surface area contributed by atoms with E-state index < -0.39 is 30.1 Å². The van der Waals surface area contributed by atoms with Crippen LogP contribution in [0.5, 0.6) is 0 Å². The van der Waals surface area contributed by atoms with Gasteiger partial charge in [0.1, 0.15) is 17.9 Å². The number of nitrogens with zero attached hydrogens (tertiary/aromatic N) is 3. The van der Waals surface area contributed by atoms with Crippen molar-refractivity contribution in [2.75, 3.05) is 50.7 Å². The first-order valence-electron chi connectivity index (χ1n) is 13.2. The van der Waals surface area contributed by atoms with E-state index in [0.29, 0.717) is 43.9 Å². The Balaban J connectivity index is 1.41. The van der Waals surface area contributed by atoms with Gasteiger partial charge in [0.2, 0.25) is 0 Å². The van der Waals surface area contributed by atoms with Crippen LogP contribution in [0.4, 0.5) is 23.2 Å². The minimum Gasteiger partial charge on any atom is -0.371 e. The number of halogens is 4. The molecule has 0 aromatic heterocycles. The highest BCUT2D eigenvalue weighted by atomic mass is 19.3. The normalized spacial score (nSPS) is 22.4. The number of carbonyl (C=O) groups is 1. The molecule has 5 rings (SSSR count). The molecule has 0 N–H and O–H groups in total. The van der Waals surface area contributed by atoms with Crippen LogP contribution < -0.4 is 4.90 Å². The Kier molecular flexibility index (Phi) is 7.09. The van der Waals surface area contributed by atoms with E-state index in [1.165, 1.54) is 17.0 Å². The fourth-order valence-electron chi connectivity index (χ4n) is 6.62. The third kappa shape index (κ3) is 5.41. The second-order valence-corrected chi connectivity index (χ2v) is 11.4. The van der Waals surface area contributed by atoms with Gasteiger partial charge in [-0.15, -0.1) is 0 Å². The van der Waals surface area contributed by atoms with Gasteiger partial charge in [-0.2, -0.15) is 0 Å². The van der Waals surface area contributed by atoms with Gasteiger partial charge in [0.05, 0.1) is 19.1 Å². The predicted molar refractivity (Wildman–Crippen MR) is 136 cm³/mol. The first-order chi connectivity index (χ1) is 17.6. The summed E-state index contributed by atoms with van der Waals surface area (Å²) in [6, 6.07) is 7.50. The van der Waals surface area contributed by atoms with Crippen molar-refractivity contribution in [3.8, 4) is 0 Å². The van der Waals surface area contributed by atoms with Crippen molar-refractivity contribution >= 4 is 12.0 Å². The maximum atomic E-state index is 15.7. The molecule has 2 fully saturated rings. The van der Waals surface area contributed by atoms with Crippen molar-refractivity contribution in [2.45, 2.75) is 51.5 Å². The highest BCUT2D eigenvalue weighted by molar-refractivity contribution is 5.53. The zero-order chi connectivity index (χ0) is 26.4. The molecular formula is C29H35F4N3O. The molecule has 3 aliphatic heterocycles. The lowest BCUT2D eigenvalue weighted by Gasteiger charge is -2.41. The highest BCUT2D eigenvalue weighted by Crippen LogP contribution is 2.43. The van der Waals surface area contributed by atoms with E-state index in [-0.39, 0.29) is 11.0 Å². The second kappa shape index (κ2) is 10.0. The standard InChI is InChI=1S/C29H35F4N3O/c1-20-3-4-23-21(15-20)5-9-36(18-28(2,32)33)27(23)26-24(30)16-22(17-25(26)31)35-11-7-29(8-12-35)6-10-34(19-29)13-14-37/h3-4,14-17,27H,5-13,18-19H2,1-2H3. The lowest BCUT2D eigenvalue weighted by Crippen LogP contribution is -2.43. The average Bonchev–Trinajstić information content (AvgIpc) is 3.21. The number of aldehydes is 1. The summed E-state index contributed by atoms with van der Waals surface area (Å²) in [6.45, 7) is 6.16. The molecule has 3 aliphatic rings. The Morgan fingerprint density at radius 3 is 2.35 bits per heavy atom. The minimum absolute atomic E-state index is 0.159. The van der Waals surface area contributed by atoms with Crippen molar-refractivity contribution in [2.24, 2.45) is 5.41 Å². The molecule has 0 radical (unpaired) electrons. The number of hydrogen-bond donors (Lipinski definition) is 0. The monoisotopic (exact) mass is 517 g/mol. The molecule has 3 heterocycles. The molecule has 8 heteroatoms. The molecule has 2 aromatic carbocycles. The number of hydrogen-bond acceptors (Lipinski definition) is 4. The zero-order valence-corrected chi connectivity index (χ0v) is 21.6. The van der Waals surface area contributed by atoms with Crippen molar-refractivity contribution < 1.29 is 22.4 Å². The first-order valence-corrected chi connectivity index (χ1v) is 13.2. The number of carbonyl (C=O) groups excluding carboxylic acids is 1. The summed E-state index contributed by atoms with van der Waals surface area (Å²) >= 11 is 0. The third-order valence-electron chi connectivity index (χ3n) is 8.48. The van der Waals surface area contributed by atoms with E-state index in [9.17, 15) is 13.6 Å². The minimum atomic E-state index is -2.99. The molecule has 1 spiro atoms.